The number of aliphatic imine (C=N–C) groups is 1. The molecule has 37 heavy (non-hydrogen) atoms. The van der Waals surface area contributed by atoms with Crippen molar-refractivity contribution in [1.82, 2.24) is 16.0 Å². The predicted octanol–water partition coefficient (Wildman–Crippen LogP) is -3.04. The van der Waals surface area contributed by atoms with Crippen molar-refractivity contribution in [2.45, 2.75) is 83.0 Å². The van der Waals surface area contributed by atoms with Gasteiger partial charge in [0.2, 0.25) is 23.6 Å². The third-order valence-electron chi connectivity index (χ3n) is 5.70. The van der Waals surface area contributed by atoms with Crippen LogP contribution in [0.4, 0.5) is 0 Å². The lowest BCUT2D eigenvalue weighted by Gasteiger charge is -2.28. The van der Waals surface area contributed by atoms with Crippen molar-refractivity contribution in [3.05, 3.63) is 0 Å². The molecule has 0 saturated carbocycles. The molecule has 0 aromatic heterocycles. The SMILES string of the molecule is CCC(C)C(NC(=O)C(CC(N)=O)NC(=O)C(N)CCCCN)C(=O)NC(CCCN=C(N)N)C(=O)O. The summed E-state index contributed by atoms with van der Waals surface area (Å²) in [7, 11) is 0. The summed E-state index contributed by atoms with van der Waals surface area (Å²) in [4.78, 5) is 65.4. The highest BCUT2D eigenvalue weighted by Crippen LogP contribution is 2.11. The van der Waals surface area contributed by atoms with Gasteiger partial charge in [-0.1, -0.05) is 26.7 Å². The highest BCUT2D eigenvalue weighted by molar-refractivity contribution is 5.96. The number of primary amides is 1. The van der Waals surface area contributed by atoms with E-state index in [0.717, 1.165) is 0 Å². The second kappa shape index (κ2) is 17.9. The molecule has 0 spiro atoms. The Balaban J connectivity index is 5.47. The molecule has 0 saturated heterocycles. The van der Waals surface area contributed by atoms with Crippen molar-refractivity contribution in [3.63, 3.8) is 0 Å². The van der Waals surface area contributed by atoms with E-state index in [9.17, 15) is 29.1 Å². The molecule has 4 amide bonds. The van der Waals surface area contributed by atoms with Crippen LogP contribution >= 0.6 is 0 Å². The fraction of sp³-hybridized carbons (Fsp3) is 0.727. The zero-order valence-corrected chi connectivity index (χ0v) is 21.6. The molecule has 0 rings (SSSR count). The first-order valence-corrected chi connectivity index (χ1v) is 12.3. The van der Waals surface area contributed by atoms with Gasteiger partial charge in [-0.15, -0.1) is 0 Å². The van der Waals surface area contributed by atoms with Crippen LogP contribution in [-0.4, -0.2) is 77.9 Å². The first-order chi connectivity index (χ1) is 17.3. The Kier molecular flexibility index (Phi) is 16.2. The Hall–Kier alpha value is -3.46. The lowest BCUT2D eigenvalue weighted by atomic mass is 9.97. The summed E-state index contributed by atoms with van der Waals surface area (Å²) in [5, 5.41) is 16.8. The molecule has 0 bridgehead atoms. The fourth-order valence-electron chi connectivity index (χ4n) is 3.31. The number of carbonyl (C=O) groups excluding carboxylic acids is 4. The standard InChI is InChI=1S/C22H43N9O6/c1-3-12(2)17(20(35)29-14(21(36)37)8-6-10-28-22(26)27)31-19(34)15(11-16(25)32)30-18(33)13(24)7-4-5-9-23/h12-15,17H,3-11,23-24H2,1-2H3,(H2,25,32)(H,29,35)(H,30,33)(H,31,34)(H,36,37)(H4,26,27,28). The average Bonchev–Trinajstić information content (AvgIpc) is 2.82. The molecule has 0 aromatic rings. The summed E-state index contributed by atoms with van der Waals surface area (Å²) in [6.45, 7) is 4.09. The van der Waals surface area contributed by atoms with E-state index in [1.807, 2.05) is 0 Å². The minimum absolute atomic E-state index is 0.0431. The van der Waals surface area contributed by atoms with Crippen molar-refractivity contribution < 1.29 is 29.1 Å². The van der Waals surface area contributed by atoms with Gasteiger partial charge in [-0.25, -0.2) is 4.79 Å². The summed E-state index contributed by atoms with van der Waals surface area (Å²) in [6, 6.07) is -4.71. The Labute approximate surface area is 216 Å². The number of carbonyl (C=O) groups is 5. The van der Waals surface area contributed by atoms with Gasteiger partial charge in [0.25, 0.3) is 0 Å². The normalized spacial score (nSPS) is 14.8. The number of nitrogens with two attached hydrogens (primary N) is 5. The van der Waals surface area contributed by atoms with Crippen LogP contribution in [0.1, 0.15) is 58.8 Å². The van der Waals surface area contributed by atoms with Gasteiger partial charge in [-0.2, -0.15) is 0 Å². The molecule has 5 atom stereocenters. The highest BCUT2D eigenvalue weighted by atomic mass is 16.4. The first-order valence-electron chi connectivity index (χ1n) is 12.3. The Bertz CT molecular complexity index is 804. The summed E-state index contributed by atoms with van der Waals surface area (Å²) >= 11 is 0. The molecule has 15 nitrogen and oxygen atoms in total. The molecule has 15 heteroatoms. The summed E-state index contributed by atoms with van der Waals surface area (Å²) in [6.07, 6.45) is 1.86. The Morgan fingerprint density at radius 2 is 1.49 bits per heavy atom. The van der Waals surface area contributed by atoms with Crippen LogP contribution in [0.3, 0.4) is 0 Å². The summed E-state index contributed by atoms with van der Waals surface area (Å²) in [5.74, 6) is -4.90. The lowest BCUT2D eigenvalue weighted by Crippen LogP contribution is -2.59. The number of guanidine groups is 1. The van der Waals surface area contributed by atoms with E-state index < -0.39 is 66.1 Å². The summed E-state index contributed by atoms with van der Waals surface area (Å²) in [5.41, 5.74) is 27.0. The number of amides is 4. The number of nitrogens with one attached hydrogen (secondary N) is 3. The number of nitrogens with zero attached hydrogens (tertiary/aromatic N) is 1. The molecule has 0 aliphatic carbocycles. The zero-order chi connectivity index (χ0) is 28.5. The molecular formula is C22H43N9O6. The van der Waals surface area contributed by atoms with Crippen LogP contribution in [0.25, 0.3) is 0 Å². The van der Waals surface area contributed by atoms with Gasteiger partial charge in [-0.05, 0) is 38.1 Å². The van der Waals surface area contributed by atoms with Crippen molar-refractivity contribution in [3.8, 4) is 0 Å². The van der Waals surface area contributed by atoms with Crippen molar-refractivity contribution >= 4 is 35.6 Å². The van der Waals surface area contributed by atoms with E-state index >= 15 is 0 Å². The van der Waals surface area contributed by atoms with Crippen LogP contribution in [0.2, 0.25) is 0 Å². The van der Waals surface area contributed by atoms with Crippen LogP contribution in [0.15, 0.2) is 4.99 Å². The van der Waals surface area contributed by atoms with E-state index in [4.69, 9.17) is 28.7 Å². The smallest absolute Gasteiger partial charge is 0.326 e. The quantitative estimate of drug-likeness (QED) is 0.0463. The molecule has 0 fully saturated rings. The molecule has 0 aliphatic rings. The van der Waals surface area contributed by atoms with E-state index in [-0.39, 0.29) is 25.3 Å². The number of hydrogen-bond acceptors (Lipinski definition) is 8. The van der Waals surface area contributed by atoms with Gasteiger partial charge in [0.05, 0.1) is 12.5 Å². The minimum Gasteiger partial charge on any atom is -0.480 e. The van der Waals surface area contributed by atoms with Crippen molar-refractivity contribution in [1.29, 1.82) is 0 Å². The second-order valence-electron chi connectivity index (χ2n) is 8.84. The largest absolute Gasteiger partial charge is 0.480 e. The van der Waals surface area contributed by atoms with Gasteiger partial charge in [0, 0.05) is 6.54 Å². The zero-order valence-electron chi connectivity index (χ0n) is 21.6. The third kappa shape index (κ3) is 14.0. The van der Waals surface area contributed by atoms with E-state index in [1.165, 1.54) is 0 Å². The minimum atomic E-state index is -1.38. The number of carboxylic acids is 1. The maximum absolute atomic E-state index is 13.0. The number of hydrogen-bond donors (Lipinski definition) is 9. The maximum Gasteiger partial charge on any atom is 0.326 e. The average molecular weight is 530 g/mol. The first kappa shape index (κ1) is 33.5. The second-order valence-corrected chi connectivity index (χ2v) is 8.84. The van der Waals surface area contributed by atoms with Crippen LogP contribution in [0.5, 0.6) is 0 Å². The number of aliphatic carboxylic acids is 1. The number of carboxylic acid groups (broad SMARTS) is 1. The Morgan fingerprint density at radius 1 is 0.865 bits per heavy atom. The lowest BCUT2D eigenvalue weighted by molar-refractivity contribution is -0.143. The van der Waals surface area contributed by atoms with Gasteiger partial charge >= 0.3 is 5.97 Å². The molecule has 0 aromatic carbocycles. The van der Waals surface area contributed by atoms with E-state index in [1.54, 1.807) is 13.8 Å². The fourth-order valence-corrected chi connectivity index (χ4v) is 3.31. The van der Waals surface area contributed by atoms with E-state index in [2.05, 4.69) is 20.9 Å². The van der Waals surface area contributed by atoms with Gasteiger partial charge < -0.3 is 49.7 Å². The molecule has 5 unspecified atom stereocenters. The van der Waals surface area contributed by atoms with E-state index in [0.29, 0.717) is 32.2 Å². The number of unbranched alkanes of at least 4 members (excludes halogenated alkanes) is 1. The molecule has 0 radical (unpaired) electrons. The highest BCUT2D eigenvalue weighted by Gasteiger charge is 2.33. The topological polar surface area (TPSA) is 284 Å². The molecular weight excluding hydrogens is 486 g/mol. The molecule has 14 N–H and O–H groups in total. The van der Waals surface area contributed by atoms with Crippen LogP contribution < -0.4 is 44.6 Å². The van der Waals surface area contributed by atoms with Gasteiger partial charge in [-0.3, -0.25) is 24.2 Å². The van der Waals surface area contributed by atoms with Gasteiger partial charge in [0.1, 0.15) is 18.1 Å². The summed E-state index contributed by atoms with van der Waals surface area (Å²) < 4.78 is 0. The molecule has 0 aliphatic heterocycles. The molecule has 212 valence electrons. The predicted molar refractivity (Wildman–Crippen MR) is 137 cm³/mol. The van der Waals surface area contributed by atoms with Crippen LogP contribution in [-0.2, 0) is 24.0 Å². The van der Waals surface area contributed by atoms with Gasteiger partial charge in [0.15, 0.2) is 5.96 Å². The van der Waals surface area contributed by atoms with Crippen molar-refractivity contribution in [2.75, 3.05) is 13.1 Å². The molecule has 0 heterocycles. The monoisotopic (exact) mass is 529 g/mol. The maximum atomic E-state index is 13.0. The third-order valence-corrected chi connectivity index (χ3v) is 5.70. The van der Waals surface area contributed by atoms with Crippen LogP contribution in [0, 0.1) is 5.92 Å². The van der Waals surface area contributed by atoms with Crippen molar-refractivity contribution in [2.24, 2.45) is 39.6 Å². The number of rotatable bonds is 19. The Morgan fingerprint density at radius 3 is 2.00 bits per heavy atom.